The predicted molar refractivity (Wildman–Crippen MR) is 106 cm³/mol. The number of thiophene rings is 1. The second kappa shape index (κ2) is 8.00. The normalized spacial score (nSPS) is 18.7. The first-order valence-corrected chi connectivity index (χ1v) is 11.1. The monoisotopic (exact) mass is 391 g/mol. The van der Waals surface area contributed by atoms with Gasteiger partial charge in [0, 0.05) is 24.0 Å². The summed E-state index contributed by atoms with van der Waals surface area (Å²) < 4.78 is 2.28. The molecule has 2 aliphatic rings. The molecule has 1 aliphatic heterocycles. The first kappa shape index (κ1) is 17.9. The number of thioether (sulfide) groups is 1. The molecule has 4 rings (SSSR count). The highest BCUT2D eigenvalue weighted by Crippen LogP contribution is 2.42. The smallest absolute Gasteiger partial charge is 0.233 e. The van der Waals surface area contributed by atoms with E-state index in [0.717, 1.165) is 24.2 Å². The number of rotatable bonds is 7. The maximum atomic E-state index is 12.5. The molecule has 3 heterocycles. The van der Waals surface area contributed by atoms with E-state index in [1.165, 1.54) is 48.7 Å². The highest BCUT2D eigenvalue weighted by atomic mass is 32.2. The third-order valence-electron chi connectivity index (χ3n) is 4.87. The molecular formula is C18H25N5OS2. The highest BCUT2D eigenvalue weighted by molar-refractivity contribution is 8.00. The summed E-state index contributed by atoms with van der Waals surface area (Å²) >= 11 is 3.18. The second-order valence-corrected chi connectivity index (χ2v) is 9.33. The molecule has 1 amide bonds. The van der Waals surface area contributed by atoms with Gasteiger partial charge in [-0.1, -0.05) is 17.8 Å². The van der Waals surface area contributed by atoms with Crippen LogP contribution in [0.1, 0.15) is 49.9 Å². The Hall–Kier alpha value is -1.54. The van der Waals surface area contributed by atoms with Gasteiger partial charge in [-0.25, -0.2) is 0 Å². The average molecular weight is 392 g/mol. The van der Waals surface area contributed by atoms with Gasteiger partial charge in [0.05, 0.1) is 11.8 Å². The average Bonchev–Trinajstić information content (AvgIpc) is 3.20. The van der Waals surface area contributed by atoms with Crippen LogP contribution in [0.25, 0.3) is 0 Å². The summed E-state index contributed by atoms with van der Waals surface area (Å²) in [7, 11) is 0. The van der Waals surface area contributed by atoms with Crippen LogP contribution in [0, 0.1) is 0 Å². The number of carbonyl (C=O) groups is 1. The molecule has 1 saturated carbocycles. The quantitative estimate of drug-likeness (QED) is 0.733. The summed E-state index contributed by atoms with van der Waals surface area (Å²) in [5.41, 5.74) is 0. The molecule has 140 valence electrons. The fourth-order valence-corrected chi connectivity index (χ4v) is 4.84. The number of nitrogens with one attached hydrogen (secondary N) is 1. The van der Waals surface area contributed by atoms with Gasteiger partial charge < -0.3 is 10.2 Å². The zero-order valence-corrected chi connectivity index (χ0v) is 16.7. The van der Waals surface area contributed by atoms with Gasteiger partial charge in [-0.2, -0.15) is 0 Å². The Kier molecular flexibility index (Phi) is 5.49. The minimum atomic E-state index is -0.189. The minimum absolute atomic E-state index is 0.0493. The van der Waals surface area contributed by atoms with Gasteiger partial charge in [-0.15, -0.1) is 21.5 Å². The van der Waals surface area contributed by atoms with Gasteiger partial charge in [0.25, 0.3) is 0 Å². The lowest BCUT2D eigenvalue weighted by atomic mass is 10.1. The molecule has 8 heteroatoms. The Balaban J connectivity index is 1.42. The van der Waals surface area contributed by atoms with Gasteiger partial charge in [0.15, 0.2) is 5.16 Å². The molecule has 6 nitrogen and oxygen atoms in total. The van der Waals surface area contributed by atoms with Crippen molar-refractivity contribution in [3.8, 4) is 0 Å². The van der Waals surface area contributed by atoms with Crippen molar-refractivity contribution in [1.82, 2.24) is 20.1 Å². The summed E-state index contributed by atoms with van der Waals surface area (Å²) in [6, 6.07) is 4.55. The molecule has 0 bridgehead atoms. The van der Waals surface area contributed by atoms with E-state index in [2.05, 4.69) is 25.0 Å². The van der Waals surface area contributed by atoms with E-state index in [1.807, 2.05) is 24.4 Å². The molecule has 1 aliphatic carbocycles. The van der Waals surface area contributed by atoms with Crippen LogP contribution in [0.3, 0.4) is 0 Å². The topological polar surface area (TPSA) is 63.1 Å². The fraction of sp³-hybridized carbons (Fsp3) is 0.611. The van der Waals surface area contributed by atoms with Crippen LogP contribution < -0.4 is 10.2 Å². The molecule has 1 saturated heterocycles. The highest BCUT2D eigenvalue weighted by Gasteiger charge is 2.33. The van der Waals surface area contributed by atoms with E-state index in [-0.39, 0.29) is 11.2 Å². The summed E-state index contributed by atoms with van der Waals surface area (Å²) in [4.78, 5) is 16.0. The number of hydrogen-bond donors (Lipinski definition) is 1. The zero-order chi connectivity index (χ0) is 17.9. The predicted octanol–water partition coefficient (Wildman–Crippen LogP) is 3.46. The van der Waals surface area contributed by atoms with Gasteiger partial charge in [0.2, 0.25) is 11.9 Å². The maximum Gasteiger partial charge on any atom is 0.233 e. The van der Waals surface area contributed by atoms with E-state index in [1.54, 1.807) is 11.3 Å². The zero-order valence-electron chi connectivity index (χ0n) is 15.1. The van der Waals surface area contributed by atoms with Gasteiger partial charge >= 0.3 is 0 Å². The van der Waals surface area contributed by atoms with Gasteiger partial charge in [-0.05, 0) is 50.5 Å². The van der Waals surface area contributed by atoms with Crippen LogP contribution in [0.5, 0.6) is 0 Å². The molecule has 2 aromatic heterocycles. The number of nitrogens with zero attached hydrogens (tertiary/aromatic N) is 4. The third kappa shape index (κ3) is 4.06. The second-order valence-electron chi connectivity index (χ2n) is 6.99. The molecule has 1 atom stereocenters. The third-order valence-corrected chi connectivity index (χ3v) is 6.80. The van der Waals surface area contributed by atoms with Gasteiger partial charge in [0.1, 0.15) is 0 Å². The maximum absolute atomic E-state index is 12.5. The van der Waals surface area contributed by atoms with Crippen molar-refractivity contribution in [2.45, 2.75) is 62.0 Å². The van der Waals surface area contributed by atoms with Crippen molar-refractivity contribution in [2.75, 3.05) is 18.0 Å². The Morgan fingerprint density at radius 2 is 2.15 bits per heavy atom. The first-order valence-electron chi connectivity index (χ1n) is 9.39. The Morgan fingerprint density at radius 3 is 2.85 bits per heavy atom. The van der Waals surface area contributed by atoms with Crippen LogP contribution in [-0.2, 0) is 11.3 Å². The van der Waals surface area contributed by atoms with Crippen molar-refractivity contribution in [1.29, 1.82) is 0 Å². The van der Waals surface area contributed by atoms with E-state index in [0.29, 0.717) is 12.6 Å². The van der Waals surface area contributed by atoms with Crippen molar-refractivity contribution in [2.24, 2.45) is 0 Å². The number of amides is 1. The molecule has 1 N–H and O–H groups in total. The Labute approximate surface area is 162 Å². The van der Waals surface area contributed by atoms with Crippen molar-refractivity contribution in [3.05, 3.63) is 22.4 Å². The molecule has 0 spiro atoms. The standard InChI is InChI=1S/C18H25N5OS2/c1-13(16(24)19-12-15-6-5-11-25-15)26-18-21-20-17(23(18)14-7-8-14)22-9-3-2-4-10-22/h5-6,11,13-14H,2-4,7-10,12H2,1H3,(H,19,24). The van der Waals surface area contributed by atoms with Gasteiger partial charge in [-0.3, -0.25) is 9.36 Å². The van der Waals surface area contributed by atoms with Crippen molar-refractivity contribution in [3.63, 3.8) is 0 Å². The summed E-state index contributed by atoms with van der Waals surface area (Å²) in [6.07, 6.45) is 6.12. The number of carbonyl (C=O) groups excluding carboxylic acids is 1. The lowest BCUT2D eigenvalue weighted by molar-refractivity contribution is -0.120. The van der Waals surface area contributed by atoms with E-state index in [4.69, 9.17) is 0 Å². The lowest BCUT2D eigenvalue weighted by Gasteiger charge is -2.28. The van der Waals surface area contributed by atoms with E-state index in [9.17, 15) is 4.79 Å². The van der Waals surface area contributed by atoms with Crippen LogP contribution in [-0.4, -0.2) is 39.0 Å². The minimum Gasteiger partial charge on any atom is -0.350 e. The molecule has 2 aromatic rings. The molecular weight excluding hydrogens is 366 g/mol. The molecule has 1 unspecified atom stereocenters. The van der Waals surface area contributed by atoms with E-state index >= 15 is 0 Å². The largest absolute Gasteiger partial charge is 0.350 e. The molecule has 2 fully saturated rings. The molecule has 26 heavy (non-hydrogen) atoms. The Bertz CT molecular complexity index is 735. The summed E-state index contributed by atoms with van der Waals surface area (Å²) in [5.74, 6) is 1.05. The first-order chi connectivity index (χ1) is 12.7. The fourth-order valence-electron chi connectivity index (χ4n) is 3.25. The summed E-state index contributed by atoms with van der Waals surface area (Å²) in [6.45, 7) is 4.66. The number of anilines is 1. The number of aromatic nitrogens is 3. The summed E-state index contributed by atoms with van der Waals surface area (Å²) in [5, 5.41) is 14.7. The lowest BCUT2D eigenvalue weighted by Crippen LogP contribution is -2.32. The van der Waals surface area contributed by atoms with Crippen LogP contribution in [0.2, 0.25) is 0 Å². The number of hydrogen-bond acceptors (Lipinski definition) is 6. The van der Waals surface area contributed by atoms with Crippen LogP contribution >= 0.6 is 23.1 Å². The van der Waals surface area contributed by atoms with Crippen molar-refractivity contribution >= 4 is 35.0 Å². The molecule has 0 radical (unpaired) electrons. The van der Waals surface area contributed by atoms with E-state index < -0.39 is 0 Å². The van der Waals surface area contributed by atoms with Crippen LogP contribution in [0.15, 0.2) is 22.7 Å². The SMILES string of the molecule is CC(Sc1nnc(N2CCCCC2)n1C1CC1)C(=O)NCc1cccs1. The van der Waals surface area contributed by atoms with Crippen molar-refractivity contribution < 1.29 is 4.79 Å². The molecule has 0 aromatic carbocycles. The Morgan fingerprint density at radius 1 is 1.35 bits per heavy atom. The number of piperidine rings is 1. The van der Waals surface area contributed by atoms with Crippen LogP contribution in [0.4, 0.5) is 5.95 Å².